The highest BCUT2D eigenvalue weighted by molar-refractivity contribution is 5.81. The quantitative estimate of drug-likeness (QED) is 0.787. The van der Waals surface area contributed by atoms with E-state index >= 15 is 0 Å². The fraction of sp³-hybridized carbons (Fsp3) is 0.529. The van der Waals surface area contributed by atoms with Gasteiger partial charge in [-0.3, -0.25) is 0 Å². The van der Waals surface area contributed by atoms with Crippen molar-refractivity contribution in [2.75, 3.05) is 7.11 Å². The van der Waals surface area contributed by atoms with Gasteiger partial charge in [0.05, 0.1) is 7.11 Å². The molecule has 0 bridgehead atoms. The minimum atomic E-state index is -0.630. The first-order valence-corrected chi connectivity index (χ1v) is 7.69. The molecule has 2 rings (SSSR count). The van der Waals surface area contributed by atoms with Crippen LogP contribution in [0.2, 0.25) is 0 Å². The summed E-state index contributed by atoms with van der Waals surface area (Å²) in [7, 11) is 1.33. The number of ether oxygens (including phenoxy) is 2. The molecule has 5 nitrogen and oxygen atoms in total. The van der Waals surface area contributed by atoms with Crippen LogP contribution >= 0.6 is 0 Å². The first-order valence-electron chi connectivity index (χ1n) is 7.69. The Morgan fingerprint density at radius 3 is 2.59 bits per heavy atom. The van der Waals surface area contributed by atoms with Crippen LogP contribution in [0.4, 0.5) is 4.79 Å². The van der Waals surface area contributed by atoms with Crippen LogP contribution in [-0.2, 0) is 20.9 Å². The second-order valence-corrected chi connectivity index (χ2v) is 5.68. The lowest BCUT2D eigenvalue weighted by atomic mass is 10.1. The fourth-order valence-electron chi connectivity index (χ4n) is 2.67. The minimum Gasteiger partial charge on any atom is -0.467 e. The minimum absolute atomic E-state index is 0.182. The van der Waals surface area contributed by atoms with Gasteiger partial charge in [0.2, 0.25) is 0 Å². The van der Waals surface area contributed by atoms with E-state index in [0.29, 0.717) is 18.3 Å². The van der Waals surface area contributed by atoms with E-state index in [1.54, 1.807) is 0 Å². The molecule has 1 amide bonds. The predicted molar refractivity (Wildman–Crippen MR) is 82.1 cm³/mol. The highest BCUT2D eigenvalue weighted by Gasteiger charge is 2.39. The van der Waals surface area contributed by atoms with E-state index in [2.05, 4.69) is 12.2 Å². The highest BCUT2D eigenvalue weighted by atomic mass is 16.6. The molecule has 1 aliphatic rings. The SMILES string of the molecule is CC[C@H]1C[C@@H]1C[C@H](NC(=O)OCc1ccccc1)C(=O)OC. The van der Waals surface area contributed by atoms with Gasteiger partial charge in [-0.2, -0.15) is 0 Å². The van der Waals surface area contributed by atoms with Crippen LogP contribution in [0.3, 0.4) is 0 Å². The molecule has 0 spiro atoms. The molecule has 0 radical (unpaired) electrons. The van der Waals surface area contributed by atoms with E-state index in [9.17, 15) is 9.59 Å². The fourth-order valence-corrected chi connectivity index (χ4v) is 2.67. The Hall–Kier alpha value is -2.04. The van der Waals surface area contributed by atoms with Crippen molar-refractivity contribution in [3.05, 3.63) is 35.9 Å². The number of benzene rings is 1. The number of hydrogen-bond donors (Lipinski definition) is 1. The molecule has 0 aliphatic heterocycles. The van der Waals surface area contributed by atoms with E-state index in [4.69, 9.17) is 9.47 Å². The van der Waals surface area contributed by atoms with Crippen LogP contribution < -0.4 is 5.32 Å². The van der Waals surface area contributed by atoms with Crippen LogP contribution in [0.25, 0.3) is 0 Å². The zero-order valence-electron chi connectivity index (χ0n) is 13.1. The lowest BCUT2D eigenvalue weighted by Gasteiger charge is -2.16. The molecule has 22 heavy (non-hydrogen) atoms. The molecule has 120 valence electrons. The average Bonchev–Trinajstić information content (AvgIpc) is 3.31. The van der Waals surface area contributed by atoms with Crippen molar-refractivity contribution in [1.82, 2.24) is 5.32 Å². The first-order chi connectivity index (χ1) is 10.6. The number of carbonyl (C=O) groups excluding carboxylic acids is 2. The Morgan fingerprint density at radius 2 is 2.00 bits per heavy atom. The van der Waals surface area contributed by atoms with Crippen LogP contribution in [0.1, 0.15) is 31.7 Å². The lowest BCUT2D eigenvalue weighted by Crippen LogP contribution is -2.42. The van der Waals surface area contributed by atoms with E-state index in [1.165, 1.54) is 7.11 Å². The summed E-state index contributed by atoms with van der Waals surface area (Å²) in [6.07, 6.45) is 2.25. The van der Waals surface area contributed by atoms with Crippen LogP contribution in [0, 0.1) is 11.8 Å². The maximum Gasteiger partial charge on any atom is 0.408 e. The number of hydrogen-bond acceptors (Lipinski definition) is 4. The molecular weight excluding hydrogens is 282 g/mol. The van der Waals surface area contributed by atoms with Gasteiger partial charge in [0.15, 0.2) is 0 Å². The van der Waals surface area contributed by atoms with Crippen molar-refractivity contribution in [3.63, 3.8) is 0 Å². The zero-order valence-corrected chi connectivity index (χ0v) is 13.1. The molecule has 0 aromatic heterocycles. The van der Waals surface area contributed by atoms with Gasteiger partial charge < -0.3 is 14.8 Å². The number of esters is 1. The van der Waals surface area contributed by atoms with Gasteiger partial charge in [-0.15, -0.1) is 0 Å². The van der Waals surface area contributed by atoms with E-state index < -0.39 is 18.1 Å². The molecule has 3 atom stereocenters. The number of carbonyl (C=O) groups is 2. The Kier molecular flexibility index (Phi) is 5.81. The summed E-state index contributed by atoms with van der Waals surface area (Å²) >= 11 is 0. The van der Waals surface area contributed by atoms with Gasteiger partial charge in [0, 0.05) is 0 Å². The molecule has 0 saturated heterocycles. The third kappa shape index (κ3) is 4.76. The molecule has 1 aliphatic carbocycles. The second-order valence-electron chi connectivity index (χ2n) is 5.68. The summed E-state index contributed by atoms with van der Waals surface area (Å²) in [6, 6.07) is 8.78. The van der Waals surface area contributed by atoms with Crippen molar-refractivity contribution < 1.29 is 19.1 Å². The maximum absolute atomic E-state index is 11.9. The van der Waals surface area contributed by atoms with Crippen LogP contribution in [0.5, 0.6) is 0 Å². The van der Waals surface area contributed by atoms with Crippen molar-refractivity contribution in [1.29, 1.82) is 0 Å². The summed E-state index contributed by atoms with van der Waals surface area (Å²) in [5, 5.41) is 2.62. The van der Waals surface area contributed by atoms with E-state index in [-0.39, 0.29) is 6.61 Å². The third-order valence-corrected chi connectivity index (χ3v) is 4.12. The number of alkyl carbamates (subject to hydrolysis) is 1. The molecule has 1 N–H and O–H groups in total. The Balaban J connectivity index is 1.81. The maximum atomic E-state index is 11.9. The Labute approximate surface area is 131 Å². The molecule has 5 heteroatoms. The zero-order chi connectivity index (χ0) is 15.9. The summed E-state index contributed by atoms with van der Waals surface area (Å²) in [5.74, 6) is 0.733. The molecule has 1 fully saturated rings. The van der Waals surface area contributed by atoms with E-state index in [1.807, 2.05) is 30.3 Å². The standard InChI is InChI=1S/C17H23NO4/c1-3-13-9-14(13)10-15(16(19)21-2)18-17(20)22-11-12-7-5-4-6-8-12/h4-8,13-15H,3,9-11H2,1-2H3,(H,18,20)/t13-,14+,15-/m0/s1. The Bertz CT molecular complexity index is 503. The second kappa shape index (κ2) is 7.82. The number of methoxy groups -OCH3 is 1. The Morgan fingerprint density at radius 1 is 1.27 bits per heavy atom. The van der Waals surface area contributed by atoms with Gasteiger partial charge in [-0.1, -0.05) is 43.7 Å². The summed E-state index contributed by atoms with van der Waals surface area (Å²) in [4.78, 5) is 23.6. The van der Waals surface area contributed by atoms with Gasteiger partial charge in [0.25, 0.3) is 0 Å². The van der Waals surface area contributed by atoms with Crippen molar-refractivity contribution in [2.24, 2.45) is 11.8 Å². The average molecular weight is 305 g/mol. The molecule has 1 aromatic rings. The summed E-state index contributed by atoms with van der Waals surface area (Å²) in [6.45, 7) is 2.32. The normalized spacial score (nSPS) is 20.8. The smallest absolute Gasteiger partial charge is 0.408 e. The molecule has 1 saturated carbocycles. The summed E-state index contributed by atoms with van der Waals surface area (Å²) < 4.78 is 9.91. The number of nitrogens with one attached hydrogen (secondary N) is 1. The largest absolute Gasteiger partial charge is 0.467 e. The monoisotopic (exact) mass is 305 g/mol. The topological polar surface area (TPSA) is 64.6 Å². The summed E-state index contributed by atoms with van der Waals surface area (Å²) in [5.41, 5.74) is 0.903. The molecule has 0 unspecified atom stereocenters. The van der Waals surface area contributed by atoms with Gasteiger partial charge >= 0.3 is 12.1 Å². The van der Waals surface area contributed by atoms with Gasteiger partial charge in [-0.25, -0.2) is 9.59 Å². The molecule has 1 aromatic carbocycles. The number of amides is 1. The van der Waals surface area contributed by atoms with Crippen molar-refractivity contribution in [2.45, 2.75) is 38.8 Å². The predicted octanol–water partition coefficient (Wildman–Crippen LogP) is 2.89. The first kappa shape index (κ1) is 16.3. The number of rotatable bonds is 7. The van der Waals surface area contributed by atoms with Crippen molar-refractivity contribution in [3.8, 4) is 0 Å². The van der Waals surface area contributed by atoms with Crippen LogP contribution in [0.15, 0.2) is 30.3 Å². The van der Waals surface area contributed by atoms with Gasteiger partial charge in [-0.05, 0) is 30.2 Å². The van der Waals surface area contributed by atoms with E-state index in [0.717, 1.165) is 18.4 Å². The highest BCUT2D eigenvalue weighted by Crippen LogP contribution is 2.44. The molecular formula is C17H23NO4. The lowest BCUT2D eigenvalue weighted by molar-refractivity contribution is -0.143. The third-order valence-electron chi connectivity index (χ3n) is 4.12. The van der Waals surface area contributed by atoms with Crippen LogP contribution in [-0.4, -0.2) is 25.2 Å². The van der Waals surface area contributed by atoms with Gasteiger partial charge in [0.1, 0.15) is 12.6 Å². The molecule has 0 heterocycles. The van der Waals surface area contributed by atoms with Crippen molar-refractivity contribution >= 4 is 12.1 Å².